The molecule has 0 fully saturated rings. The van der Waals surface area contributed by atoms with Crippen LogP contribution in [0.2, 0.25) is 0 Å². The summed E-state index contributed by atoms with van der Waals surface area (Å²) in [6.45, 7) is 1.45. The number of nitrogens with one attached hydrogen (secondary N) is 1. The Balaban J connectivity index is 1.88. The van der Waals surface area contributed by atoms with Crippen molar-refractivity contribution in [3.8, 4) is 0 Å². The van der Waals surface area contributed by atoms with Crippen molar-refractivity contribution in [2.75, 3.05) is 25.1 Å². The minimum Gasteiger partial charge on any atom is -0.481 e. The van der Waals surface area contributed by atoms with Gasteiger partial charge in [0.05, 0.1) is 30.5 Å². The predicted molar refractivity (Wildman–Crippen MR) is 95.0 cm³/mol. The molecule has 0 bridgehead atoms. The van der Waals surface area contributed by atoms with Crippen LogP contribution in [0.25, 0.3) is 10.9 Å². The predicted octanol–water partition coefficient (Wildman–Crippen LogP) is 1.55. The molecule has 26 heavy (non-hydrogen) atoms. The molecule has 2 aromatic rings. The fourth-order valence-corrected chi connectivity index (χ4v) is 3.24. The monoisotopic (exact) mass is 360 g/mol. The third-order valence-electron chi connectivity index (χ3n) is 4.40. The molecule has 0 spiro atoms. The number of aromatic nitrogens is 1. The molecule has 0 aliphatic carbocycles. The third kappa shape index (κ3) is 3.55. The first-order valence-corrected chi connectivity index (χ1v) is 8.44. The van der Waals surface area contributed by atoms with Crippen LogP contribution in [-0.2, 0) is 22.5 Å². The highest BCUT2D eigenvalue weighted by Gasteiger charge is 2.21. The molecule has 0 radical (unpaired) electrons. The summed E-state index contributed by atoms with van der Waals surface area (Å²) in [6, 6.07) is 3.74. The van der Waals surface area contributed by atoms with Crippen molar-refractivity contribution in [2.45, 2.75) is 25.8 Å². The summed E-state index contributed by atoms with van der Waals surface area (Å²) >= 11 is 0. The van der Waals surface area contributed by atoms with Gasteiger partial charge in [0.2, 0.25) is 5.43 Å². The lowest BCUT2D eigenvalue weighted by Crippen LogP contribution is -2.23. The second-order valence-electron chi connectivity index (χ2n) is 6.15. The zero-order valence-electron chi connectivity index (χ0n) is 14.2. The molecule has 0 saturated carbocycles. The van der Waals surface area contributed by atoms with Gasteiger partial charge in [-0.05, 0) is 24.5 Å². The van der Waals surface area contributed by atoms with Gasteiger partial charge in [0.25, 0.3) is 0 Å². The van der Waals surface area contributed by atoms with Gasteiger partial charge in [-0.15, -0.1) is 0 Å². The normalized spacial score (nSPS) is 12.9. The van der Waals surface area contributed by atoms with E-state index in [4.69, 9.17) is 9.84 Å². The number of hydrogen-bond donors (Lipinski definition) is 3. The Kier molecular flexibility index (Phi) is 5.22. The van der Waals surface area contributed by atoms with Crippen LogP contribution in [0.1, 0.15) is 28.8 Å². The number of aromatic carboxylic acids is 1. The minimum atomic E-state index is -1.24. The van der Waals surface area contributed by atoms with Gasteiger partial charge >= 0.3 is 11.9 Å². The third-order valence-corrected chi connectivity index (χ3v) is 4.40. The first-order chi connectivity index (χ1) is 12.5. The quantitative estimate of drug-likeness (QED) is 0.611. The van der Waals surface area contributed by atoms with Gasteiger partial charge in [-0.3, -0.25) is 9.59 Å². The number of ether oxygens (including phenoxy) is 1. The molecular formula is C18H20N2O6. The van der Waals surface area contributed by atoms with Gasteiger partial charge in [0.15, 0.2) is 0 Å². The molecule has 3 N–H and O–H groups in total. The van der Waals surface area contributed by atoms with Crippen LogP contribution in [0.15, 0.2) is 23.1 Å². The number of carboxylic acids is 2. The lowest BCUT2D eigenvalue weighted by molar-refractivity contribution is -0.138. The summed E-state index contributed by atoms with van der Waals surface area (Å²) in [5, 5.41) is 21.4. The summed E-state index contributed by atoms with van der Waals surface area (Å²) in [5.41, 5.74) is 1.64. The SMILES string of the molecule is O=C(O)CCOCCNc1ccc2c3c1c(=O)c(C(=O)O)cn3CCC2. The van der Waals surface area contributed by atoms with Gasteiger partial charge < -0.3 is 24.8 Å². The average molecular weight is 360 g/mol. The molecule has 0 saturated heterocycles. The van der Waals surface area contributed by atoms with Gasteiger partial charge in [-0.25, -0.2) is 4.79 Å². The Morgan fingerprint density at radius 1 is 1.23 bits per heavy atom. The van der Waals surface area contributed by atoms with Crippen LogP contribution in [-0.4, -0.2) is 46.5 Å². The Morgan fingerprint density at radius 3 is 2.77 bits per heavy atom. The van der Waals surface area contributed by atoms with E-state index in [2.05, 4.69) is 5.32 Å². The van der Waals surface area contributed by atoms with Crippen molar-refractivity contribution < 1.29 is 24.5 Å². The molecule has 0 atom stereocenters. The molecule has 138 valence electrons. The molecule has 1 aliphatic rings. The Labute approximate surface area is 149 Å². The Morgan fingerprint density at radius 2 is 2.04 bits per heavy atom. The molecule has 1 aromatic carbocycles. The molecule has 0 amide bonds. The van der Waals surface area contributed by atoms with E-state index in [0.29, 0.717) is 24.2 Å². The largest absolute Gasteiger partial charge is 0.481 e. The van der Waals surface area contributed by atoms with E-state index >= 15 is 0 Å². The number of pyridine rings is 1. The van der Waals surface area contributed by atoms with Crippen molar-refractivity contribution in [1.82, 2.24) is 4.57 Å². The highest BCUT2D eigenvalue weighted by atomic mass is 16.5. The van der Waals surface area contributed by atoms with Crippen molar-refractivity contribution in [3.05, 3.63) is 39.7 Å². The summed E-state index contributed by atoms with van der Waals surface area (Å²) < 4.78 is 7.07. The summed E-state index contributed by atoms with van der Waals surface area (Å²) in [4.78, 5) is 34.6. The molecular weight excluding hydrogens is 340 g/mol. The Bertz CT molecular complexity index is 918. The molecule has 1 aliphatic heterocycles. The molecule has 3 rings (SSSR count). The van der Waals surface area contributed by atoms with E-state index in [9.17, 15) is 19.5 Å². The van der Waals surface area contributed by atoms with Crippen molar-refractivity contribution in [1.29, 1.82) is 0 Å². The van der Waals surface area contributed by atoms with Gasteiger partial charge in [-0.2, -0.15) is 0 Å². The number of anilines is 1. The molecule has 8 heteroatoms. The van der Waals surface area contributed by atoms with Crippen LogP contribution in [0.4, 0.5) is 5.69 Å². The maximum atomic E-state index is 12.7. The average Bonchev–Trinajstić information content (AvgIpc) is 2.61. The first-order valence-electron chi connectivity index (χ1n) is 8.44. The summed E-state index contributed by atoms with van der Waals surface area (Å²) in [5.74, 6) is -2.16. The fraction of sp³-hybridized carbons (Fsp3) is 0.389. The summed E-state index contributed by atoms with van der Waals surface area (Å²) in [6.07, 6.45) is 3.11. The van der Waals surface area contributed by atoms with E-state index in [-0.39, 0.29) is 25.2 Å². The van der Waals surface area contributed by atoms with Gasteiger partial charge in [0, 0.05) is 25.0 Å². The van der Waals surface area contributed by atoms with Gasteiger partial charge in [0.1, 0.15) is 5.56 Å². The van der Waals surface area contributed by atoms with E-state index in [1.807, 2.05) is 10.6 Å². The topological polar surface area (TPSA) is 118 Å². The number of nitrogens with zero attached hydrogens (tertiary/aromatic N) is 1. The maximum Gasteiger partial charge on any atom is 0.341 e. The first kappa shape index (κ1) is 17.9. The minimum absolute atomic E-state index is 0.0652. The Hall–Kier alpha value is -2.87. The number of rotatable bonds is 8. The van der Waals surface area contributed by atoms with Crippen LogP contribution in [0, 0.1) is 0 Å². The summed E-state index contributed by atoms with van der Waals surface area (Å²) in [7, 11) is 0. The van der Waals surface area contributed by atoms with E-state index in [1.165, 1.54) is 6.20 Å². The number of aliphatic carboxylic acids is 1. The standard InChI is InChI=1S/C18H20N2O6/c21-14(22)5-8-26-9-6-19-13-4-3-11-2-1-7-20-10-12(18(24)25)17(23)15(13)16(11)20/h3-4,10,19H,1-2,5-9H2,(H,21,22)(H,24,25). The second kappa shape index (κ2) is 7.57. The molecule has 2 heterocycles. The van der Waals surface area contributed by atoms with Gasteiger partial charge in [-0.1, -0.05) is 6.07 Å². The van der Waals surface area contributed by atoms with E-state index in [0.717, 1.165) is 23.9 Å². The lowest BCUT2D eigenvalue weighted by Gasteiger charge is -2.22. The number of aryl methyl sites for hydroxylation is 2. The van der Waals surface area contributed by atoms with Crippen molar-refractivity contribution in [3.63, 3.8) is 0 Å². The number of carboxylic acid groups (broad SMARTS) is 2. The number of hydrogen-bond acceptors (Lipinski definition) is 5. The van der Waals surface area contributed by atoms with Crippen LogP contribution >= 0.6 is 0 Å². The van der Waals surface area contributed by atoms with Crippen LogP contribution in [0.5, 0.6) is 0 Å². The zero-order chi connectivity index (χ0) is 18.7. The number of benzene rings is 1. The molecule has 8 nitrogen and oxygen atoms in total. The second-order valence-corrected chi connectivity index (χ2v) is 6.15. The van der Waals surface area contributed by atoms with E-state index in [1.54, 1.807) is 6.07 Å². The lowest BCUT2D eigenvalue weighted by atomic mass is 9.98. The maximum absolute atomic E-state index is 12.7. The molecule has 1 aromatic heterocycles. The molecule has 0 unspecified atom stereocenters. The number of carbonyl (C=O) groups is 2. The van der Waals surface area contributed by atoms with Crippen LogP contribution in [0.3, 0.4) is 0 Å². The van der Waals surface area contributed by atoms with Crippen LogP contribution < -0.4 is 10.7 Å². The van der Waals surface area contributed by atoms with E-state index < -0.39 is 17.4 Å². The highest BCUT2D eigenvalue weighted by molar-refractivity contribution is 5.99. The zero-order valence-corrected chi connectivity index (χ0v) is 14.2. The van der Waals surface area contributed by atoms with Crippen molar-refractivity contribution >= 4 is 28.5 Å². The highest BCUT2D eigenvalue weighted by Crippen LogP contribution is 2.29. The van der Waals surface area contributed by atoms with Crippen molar-refractivity contribution in [2.24, 2.45) is 0 Å². The smallest absolute Gasteiger partial charge is 0.341 e. The fourth-order valence-electron chi connectivity index (χ4n) is 3.24.